The van der Waals surface area contributed by atoms with Crippen LogP contribution in [0, 0.1) is 5.82 Å². The summed E-state index contributed by atoms with van der Waals surface area (Å²) in [6.07, 6.45) is 0. The summed E-state index contributed by atoms with van der Waals surface area (Å²) < 4.78 is 18.6. The molecule has 20 heavy (non-hydrogen) atoms. The Balaban J connectivity index is 1.98. The van der Waals surface area contributed by atoms with E-state index in [0.717, 1.165) is 0 Å². The van der Waals surface area contributed by atoms with E-state index in [-0.39, 0.29) is 18.0 Å². The molecular weight excluding hydrogens is 304 g/mol. The molecule has 1 amide bonds. The number of rotatable bonds is 4. The van der Waals surface area contributed by atoms with Gasteiger partial charge < -0.3 is 10.1 Å². The van der Waals surface area contributed by atoms with E-state index in [2.05, 4.69) is 5.32 Å². The summed E-state index contributed by atoms with van der Waals surface area (Å²) in [5.41, 5.74) is 0.0892. The number of anilines is 1. The third kappa shape index (κ3) is 3.62. The number of hydrogen-bond donors (Lipinski definition) is 1. The molecule has 2 aromatic carbocycles. The number of amides is 1. The first-order valence-corrected chi connectivity index (χ1v) is 6.44. The predicted octanol–water partition coefficient (Wildman–Crippen LogP) is 4.15. The van der Waals surface area contributed by atoms with Crippen molar-refractivity contribution < 1.29 is 13.9 Å². The molecule has 0 saturated heterocycles. The van der Waals surface area contributed by atoms with Crippen LogP contribution in [0.2, 0.25) is 10.0 Å². The second kappa shape index (κ2) is 6.59. The van der Waals surface area contributed by atoms with Gasteiger partial charge in [-0.15, -0.1) is 0 Å². The van der Waals surface area contributed by atoms with Crippen molar-refractivity contribution in [2.24, 2.45) is 0 Å². The summed E-state index contributed by atoms with van der Waals surface area (Å²) in [4.78, 5) is 11.7. The van der Waals surface area contributed by atoms with Crippen LogP contribution in [0.5, 0.6) is 5.75 Å². The van der Waals surface area contributed by atoms with Crippen LogP contribution in [0.1, 0.15) is 0 Å². The zero-order chi connectivity index (χ0) is 14.5. The van der Waals surface area contributed by atoms with Crippen LogP contribution in [0.25, 0.3) is 0 Å². The lowest BCUT2D eigenvalue weighted by Crippen LogP contribution is -2.20. The van der Waals surface area contributed by atoms with Gasteiger partial charge in [-0.25, -0.2) is 4.39 Å². The highest BCUT2D eigenvalue weighted by Crippen LogP contribution is 2.32. The van der Waals surface area contributed by atoms with Crippen LogP contribution in [0.4, 0.5) is 10.1 Å². The smallest absolute Gasteiger partial charge is 0.262 e. The zero-order valence-corrected chi connectivity index (χ0v) is 11.7. The number of nitrogens with one attached hydrogen (secondary N) is 1. The van der Waals surface area contributed by atoms with E-state index in [1.807, 2.05) is 0 Å². The fourth-order valence-electron chi connectivity index (χ4n) is 1.51. The molecule has 0 fully saturated rings. The van der Waals surface area contributed by atoms with E-state index in [1.54, 1.807) is 24.3 Å². The molecule has 2 aromatic rings. The van der Waals surface area contributed by atoms with Gasteiger partial charge in [0, 0.05) is 0 Å². The van der Waals surface area contributed by atoms with E-state index in [0.29, 0.717) is 10.0 Å². The van der Waals surface area contributed by atoms with Gasteiger partial charge in [0.15, 0.2) is 12.4 Å². The van der Waals surface area contributed by atoms with Crippen LogP contribution in [-0.2, 0) is 4.79 Å². The Bertz CT molecular complexity index is 614. The maximum absolute atomic E-state index is 13.3. The molecule has 0 unspecified atom stereocenters. The molecule has 0 radical (unpaired) electrons. The monoisotopic (exact) mass is 313 g/mol. The molecule has 0 saturated carbocycles. The molecule has 3 nitrogen and oxygen atoms in total. The number of carbonyl (C=O) groups excluding carboxylic acids is 1. The molecule has 2 rings (SSSR count). The lowest BCUT2D eigenvalue weighted by atomic mass is 10.3. The second-order valence-electron chi connectivity index (χ2n) is 3.87. The average molecular weight is 314 g/mol. The predicted molar refractivity (Wildman–Crippen MR) is 77.0 cm³/mol. The van der Waals surface area contributed by atoms with Gasteiger partial charge in [0.1, 0.15) is 5.82 Å². The van der Waals surface area contributed by atoms with E-state index < -0.39 is 11.7 Å². The Kier molecular flexibility index (Phi) is 4.82. The van der Waals surface area contributed by atoms with Crippen molar-refractivity contribution in [3.8, 4) is 5.75 Å². The molecule has 0 atom stereocenters. The molecule has 6 heteroatoms. The molecule has 104 valence electrons. The highest BCUT2D eigenvalue weighted by Gasteiger charge is 2.11. The number of para-hydroxylation sites is 2. The maximum Gasteiger partial charge on any atom is 0.262 e. The number of carbonyl (C=O) groups is 1. The summed E-state index contributed by atoms with van der Waals surface area (Å²) in [6.45, 7) is -0.322. The number of ether oxygens (including phenoxy) is 1. The lowest BCUT2D eigenvalue weighted by molar-refractivity contribution is -0.118. The lowest BCUT2D eigenvalue weighted by Gasteiger charge is -2.10. The minimum absolute atomic E-state index is 0.0892. The molecule has 0 aliphatic carbocycles. The van der Waals surface area contributed by atoms with Crippen LogP contribution in [0.3, 0.4) is 0 Å². The largest absolute Gasteiger partial charge is 0.481 e. The standard InChI is InChI=1S/C14H10Cl2FNO2/c15-9-4-3-5-10(16)14(9)20-8-13(19)18-12-7-2-1-6-11(12)17/h1-7H,8H2,(H,18,19). The van der Waals surface area contributed by atoms with E-state index in [1.165, 1.54) is 18.2 Å². The van der Waals surface area contributed by atoms with E-state index >= 15 is 0 Å². The highest BCUT2D eigenvalue weighted by atomic mass is 35.5. The van der Waals surface area contributed by atoms with Crippen molar-refractivity contribution >= 4 is 34.8 Å². The fourth-order valence-corrected chi connectivity index (χ4v) is 2.01. The number of hydrogen-bond acceptors (Lipinski definition) is 2. The first-order valence-electron chi connectivity index (χ1n) is 5.69. The molecule has 0 bridgehead atoms. The van der Waals surface area contributed by atoms with Crippen molar-refractivity contribution in [1.29, 1.82) is 0 Å². The Morgan fingerprint density at radius 1 is 1.10 bits per heavy atom. The first-order chi connectivity index (χ1) is 9.58. The number of halogens is 3. The molecule has 0 spiro atoms. The second-order valence-corrected chi connectivity index (χ2v) is 4.68. The van der Waals surface area contributed by atoms with E-state index in [9.17, 15) is 9.18 Å². The molecule has 1 N–H and O–H groups in total. The van der Waals surface area contributed by atoms with Crippen LogP contribution >= 0.6 is 23.2 Å². The number of benzene rings is 2. The topological polar surface area (TPSA) is 38.3 Å². The van der Waals surface area contributed by atoms with Gasteiger partial charge in [0.25, 0.3) is 5.91 Å². The van der Waals surface area contributed by atoms with Gasteiger partial charge in [-0.3, -0.25) is 4.79 Å². The minimum atomic E-state index is -0.517. The van der Waals surface area contributed by atoms with Crippen LogP contribution in [0.15, 0.2) is 42.5 Å². The maximum atomic E-state index is 13.3. The molecular formula is C14H10Cl2FNO2. The Morgan fingerprint density at radius 2 is 1.75 bits per heavy atom. The average Bonchev–Trinajstić information content (AvgIpc) is 2.41. The quantitative estimate of drug-likeness (QED) is 0.920. The summed E-state index contributed by atoms with van der Waals surface area (Å²) in [7, 11) is 0. The van der Waals surface area contributed by atoms with Crippen LogP contribution < -0.4 is 10.1 Å². The van der Waals surface area contributed by atoms with Gasteiger partial charge in [-0.1, -0.05) is 41.4 Å². The summed E-state index contributed by atoms with van der Waals surface area (Å²) in [6, 6.07) is 10.7. The highest BCUT2D eigenvalue weighted by molar-refractivity contribution is 6.37. The molecule has 0 aromatic heterocycles. The third-order valence-electron chi connectivity index (χ3n) is 2.41. The van der Waals surface area contributed by atoms with E-state index in [4.69, 9.17) is 27.9 Å². The normalized spacial score (nSPS) is 10.2. The van der Waals surface area contributed by atoms with Gasteiger partial charge >= 0.3 is 0 Å². The third-order valence-corrected chi connectivity index (χ3v) is 3.01. The Hall–Kier alpha value is -1.78. The summed E-state index contributed by atoms with van der Waals surface area (Å²) in [5, 5.41) is 3.00. The van der Waals surface area contributed by atoms with Gasteiger partial charge in [0.2, 0.25) is 0 Å². The molecule has 0 aliphatic rings. The molecule has 0 heterocycles. The Labute approximate surface area is 125 Å². The Morgan fingerprint density at radius 3 is 2.40 bits per heavy atom. The van der Waals surface area contributed by atoms with Gasteiger partial charge in [-0.2, -0.15) is 0 Å². The first kappa shape index (κ1) is 14.6. The zero-order valence-electron chi connectivity index (χ0n) is 10.2. The van der Waals surface area contributed by atoms with Crippen molar-refractivity contribution in [3.05, 3.63) is 58.3 Å². The SMILES string of the molecule is O=C(COc1c(Cl)cccc1Cl)Nc1ccccc1F. The van der Waals surface area contributed by atoms with Crippen molar-refractivity contribution in [3.63, 3.8) is 0 Å². The van der Waals surface area contributed by atoms with Crippen LogP contribution in [-0.4, -0.2) is 12.5 Å². The summed E-state index contributed by atoms with van der Waals surface area (Å²) in [5.74, 6) is -0.803. The van der Waals surface area contributed by atoms with Crippen molar-refractivity contribution in [2.75, 3.05) is 11.9 Å². The molecule has 0 aliphatic heterocycles. The summed E-state index contributed by atoms with van der Waals surface area (Å²) >= 11 is 11.8. The fraction of sp³-hybridized carbons (Fsp3) is 0.0714. The van der Waals surface area contributed by atoms with Gasteiger partial charge in [-0.05, 0) is 24.3 Å². The van der Waals surface area contributed by atoms with Crippen molar-refractivity contribution in [1.82, 2.24) is 0 Å². The minimum Gasteiger partial charge on any atom is -0.481 e. The van der Waals surface area contributed by atoms with Crippen molar-refractivity contribution in [2.45, 2.75) is 0 Å². The van der Waals surface area contributed by atoms with Gasteiger partial charge in [0.05, 0.1) is 15.7 Å².